The van der Waals surface area contributed by atoms with Crippen LogP contribution in [-0.2, 0) is 9.53 Å². The van der Waals surface area contributed by atoms with Crippen molar-refractivity contribution in [3.05, 3.63) is 18.3 Å². The number of aromatic nitrogens is 1. The van der Waals surface area contributed by atoms with Gasteiger partial charge in [0.25, 0.3) is 0 Å². The lowest BCUT2D eigenvalue weighted by atomic mass is 9.72. The molecule has 0 bridgehead atoms. The molecule has 0 N–H and O–H groups in total. The Labute approximate surface area is 137 Å². The normalized spacial score (nSPS) is 22.7. The van der Waals surface area contributed by atoms with Gasteiger partial charge < -0.3 is 19.4 Å². The fraction of sp³-hybridized carbons (Fsp3) is 0.647. The van der Waals surface area contributed by atoms with Crippen molar-refractivity contribution in [2.75, 3.05) is 62.3 Å². The van der Waals surface area contributed by atoms with Crippen LogP contribution in [0.4, 0.5) is 11.5 Å². The van der Waals surface area contributed by atoms with Crippen LogP contribution in [0.15, 0.2) is 18.3 Å². The summed E-state index contributed by atoms with van der Waals surface area (Å²) in [6, 6.07) is 4.27. The van der Waals surface area contributed by atoms with Gasteiger partial charge in [0.05, 0.1) is 13.2 Å². The van der Waals surface area contributed by atoms with Gasteiger partial charge >= 0.3 is 0 Å². The third kappa shape index (κ3) is 2.65. The topological polar surface area (TPSA) is 48.9 Å². The Kier molecular flexibility index (Phi) is 3.64. The highest BCUT2D eigenvalue weighted by atomic mass is 16.5. The number of hydrogen-bond acceptors (Lipinski definition) is 5. The molecule has 4 heterocycles. The highest BCUT2D eigenvalue weighted by molar-refractivity contribution is 5.77. The van der Waals surface area contributed by atoms with E-state index in [1.807, 2.05) is 18.0 Å². The Bertz CT molecular complexity index is 586. The number of anilines is 2. The molecule has 1 spiro atoms. The Hall–Kier alpha value is -1.82. The lowest BCUT2D eigenvalue weighted by Gasteiger charge is -2.60. The molecule has 3 fully saturated rings. The number of amides is 1. The van der Waals surface area contributed by atoms with Crippen molar-refractivity contribution in [3.63, 3.8) is 0 Å². The summed E-state index contributed by atoms with van der Waals surface area (Å²) in [6.07, 6.45) is 2.52. The van der Waals surface area contributed by atoms with Crippen molar-refractivity contribution in [3.8, 4) is 0 Å². The average molecular weight is 316 g/mol. The molecule has 1 aromatic rings. The van der Waals surface area contributed by atoms with Crippen LogP contribution in [-0.4, -0.2) is 68.3 Å². The van der Waals surface area contributed by atoms with E-state index in [4.69, 9.17) is 4.74 Å². The van der Waals surface area contributed by atoms with Gasteiger partial charge in [-0.2, -0.15) is 0 Å². The minimum atomic E-state index is 0.279. The Morgan fingerprint density at radius 2 is 1.96 bits per heavy atom. The zero-order valence-corrected chi connectivity index (χ0v) is 13.7. The standard InChI is InChI=1S/C17H24N4O2/c1-2-16(22)21-12-17(13-21)10-20(11-17)15-9-14(3-4-18-15)19-5-7-23-8-6-19/h3-4,9H,2,5-8,10-13H2,1H3. The number of pyridine rings is 1. The van der Waals surface area contributed by atoms with Gasteiger partial charge in [-0.15, -0.1) is 0 Å². The first-order valence-corrected chi connectivity index (χ1v) is 8.51. The molecule has 0 radical (unpaired) electrons. The predicted octanol–water partition coefficient (Wildman–Crippen LogP) is 0.977. The van der Waals surface area contributed by atoms with Gasteiger partial charge in [-0.1, -0.05) is 6.92 Å². The van der Waals surface area contributed by atoms with Crippen LogP contribution >= 0.6 is 0 Å². The quantitative estimate of drug-likeness (QED) is 0.832. The molecule has 124 valence electrons. The zero-order valence-electron chi connectivity index (χ0n) is 13.7. The van der Waals surface area contributed by atoms with Crippen LogP contribution in [0.3, 0.4) is 0 Å². The second-order valence-electron chi connectivity index (χ2n) is 6.93. The summed E-state index contributed by atoms with van der Waals surface area (Å²) in [5, 5.41) is 0. The van der Waals surface area contributed by atoms with E-state index >= 15 is 0 Å². The molecule has 6 heteroatoms. The first-order chi connectivity index (χ1) is 11.2. The maximum absolute atomic E-state index is 11.7. The molecule has 0 aliphatic carbocycles. The summed E-state index contributed by atoms with van der Waals surface area (Å²) in [6.45, 7) is 9.28. The summed E-state index contributed by atoms with van der Waals surface area (Å²) in [5.41, 5.74) is 1.55. The molecule has 0 aromatic carbocycles. The van der Waals surface area contributed by atoms with E-state index in [-0.39, 0.29) is 5.91 Å². The number of nitrogens with zero attached hydrogens (tertiary/aromatic N) is 4. The highest BCUT2D eigenvalue weighted by Gasteiger charge is 2.53. The molecule has 0 unspecified atom stereocenters. The van der Waals surface area contributed by atoms with Gasteiger partial charge in [0.1, 0.15) is 5.82 Å². The van der Waals surface area contributed by atoms with Crippen molar-refractivity contribution in [2.24, 2.45) is 5.41 Å². The monoisotopic (exact) mass is 316 g/mol. The van der Waals surface area contributed by atoms with Gasteiger partial charge in [-0.05, 0) is 6.07 Å². The predicted molar refractivity (Wildman–Crippen MR) is 88.8 cm³/mol. The summed E-state index contributed by atoms with van der Waals surface area (Å²) in [4.78, 5) is 22.9. The Balaban J connectivity index is 1.37. The minimum absolute atomic E-state index is 0.279. The number of rotatable bonds is 3. The third-order valence-corrected chi connectivity index (χ3v) is 5.19. The number of hydrogen-bond donors (Lipinski definition) is 0. The molecule has 1 aromatic heterocycles. The van der Waals surface area contributed by atoms with E-state index in [0.717, 1.165) is 58.3 Å². The lowest BCUT2D eigenvalue weighted by Crippen LogP contribution is -2.73. The summed E-state index contributed by atoms with van der Waals surface area (Å²) in [7, 11) is 0. The van der Waals surface area contributed by atoms with Gasteiger partial charge in [-0.25, -0.2) is 4.98 Å². The molecular weight excluding hydrogens is 292 g/mol. The van der Waals surface area contributed by atoms with Gasteiger partial charge in [0, 0.05) is 69.1 Å². The molecule has 0 saturated carbocycles. The van der Waals surface area contributed by atoms with Crippen molar-refractivity contribution in [2.45, 2.75) is 13.3 Å². The van der Waals surface area contributed by atoms with E-state index in [2.05, 4.69) is 26.9 Å². The summed E-state index contributed by atoms with van der Waals surface area (Å²) >= 11 is 0. The van der Waals surface area contributed by atoms with Crippen molar-refractivity contribution < 1.29 is 9.53 Å². The number of morpholine rings is 1. The van der Waals surface area contributed by atoms with E-state index in [1.54, 1.807) is 0 Å². The molecule has 23 heavy (non-hydrogen) atoms. The van der Waals surface area contributed by atoms with Crippen LogP contribution < -0.4 is 9.80 Å². The maximum Gasteiger partial charge on any atom is 0.222 e. The van der Waals surface area contributed by atoms with Crippen LogP contribution in [0.25, 0.3) is 0 Å². The van der Waals surface area contributed by atoms with Crippen LogP contribution in [0.2, 0.25) is 0 Å². The van der Waals surface area contributed by atoms with E-state index in [1.165, 1.54) is 5.69 Å². The fourth-order valence-electron chi connectivity index (χ4n) is 3.89. The first-order valence-electron chi connectivity index (χ1n) is 8.51. The fourth-order valence-corrected chi connectivity index (χ4v) is 3.89. The molecule has 3 aliphatic heterocycles. The highest BCUT2D eigenvalue weighted by Crippen LogP contribution is 2.42. The molecule has 0 atom stereocenters. The first kappa shape index (κ1) is 14.8. The van der Waals surface area contributed by atoms with E-state index in [9.17, 15) is 4.79 Å². The second-order valence-corrected chi connectivity index (χ2v) is 6.93. The van der Waals surface area contributed by atoms with E-state index in [0.29, 0.717) is 11.8 Å². The van der Waals surface area contributed by atoms with Gasteiger partial charge in [0.15, 0.2) is 0 Å². The van der Waals surface area contributed by atoms with Crippen LogP contribution in [0.5, 0.6) is 0 Å². The zero-order chi connectivity index (χ0) is 15.9. The SMILES string of the molecule is CCC(=O)N1CC2(C1)CN(c1cc(N3CCOCC3)ccn1)C2. The molecule has 4 rings (SSSR count). The van der Waals surface area contributed by atoms with Crippen LogP contribution in [0, 0.1) is 5.41 Å². The minimum Gasteiger partial charge on any atom is -0.378 e. The van der Waals surface area contributed by atoms with Crippen LogP contribution in [0.1, 0.15) is 13.3 Å². The largest absolute Gasteiger partial charge is 0.378 e. The number of ether oxygens (including phenoxy) is 1. The molecule has 3 aliphatic rings. The van der Waals surface area contributed by atoms with E-state index < -0.39 is 0 Å². The Morgan fingerprint density at radius 3 is 2.65 bits per heavy atom. The molecular formula is C17H24N4O2. The molecule has 1 amide bonds. The number of carbonyl (C=O) groups is 1. The third-order valence-electron chi connectivity index (χ3n) is 5.19. The van der Waals surface area contributed by atoms with Crippen molar-refractivity contribution >= 4 is 17.4 Å². The second kappa shape index (κ2) is 5.67. The molecule has 3 saturated heterocycles. The van der Waals surface area contributed by atoms with Crippen molar-refractivity contribution in [1.82, 2.24) is 9.88 Å². The lowest BCUT2D eigenvalue weighted by molar-refractivity contribution is -0.144. The molecule has 6 nitrogen and oxygen atoms in total. The smallest absolute Gasteiger partial charge is 0.222 e. The maximum atomic E-state index is 11.7. The van der Waals surface area contributed by atoms with Crippen molar-refractivity contribution in [1.29, 1.82) is 0 Å². The number of carbonyl (C=O) groups excluding carboxylic acids is 1. The summed E-state index contributed by atoms with van der Waals surface area (Å²) < 4.78 is 5.42. The Morgan fingerprint density at radius 1 is 1.22 bits per heavy atom. The number of likely N-dealkylation sites (tertiary alicyclic amines) is 1. The van der Waals surface area contributed by atoms with Gasteiger partial charge in [0.2, 0.25) is 5.91 Å². The average Bonchev–Trinajstić information content (AvgIpc) is 2.53. The van der Waals surface area contributed by atoms with Gasteiger partial charge in [-0.3, -0.25) is 4.79 Å². The summed E-state index contributed by atoms with van der Waals surface area (Å²) in [5.74, 6) is 1.33.